The predicted octanol–water partition coefficient (Wildman–Crippen LogP) is 2.61. The van der Waals surface area contributed by atoms with Crippen LogP contribution < -0.4 is 19.7 Å². The minimum Gasteiger partial charge on any atom is -0.454 e. The lowest BCUT2D eigenvalue weighted by Gasteiger charge is -2.19. The summed E-state index contributed by atoms with van der Waals surface area (Å²) in [6, 6.07) is 15.4. The van der Waals surface area contributed by atoms with Gasteiger partial charge in [-0.15, -0.1) is 0 Å². The number of nitrogens with zero attached hydrogens (tertiary/aromatic N) is 1. The lowest BCUT2D eigenvalue weighted by atomic mass is 10.2. The summed E-state index contributed by atoms with van der Waals surface area (Å²) in [5, 5.41) is 2.75. The molecule has 1 heterocycles. The monoisotopic (exact) mass is 396 g/mol. The Morgan fingerprint density at radius 2 is 1.93 bits per heavy atom. The van der Waals surface area contributed by atoms with E-state index in [9.17, 15) is 9.59 Å². The molecule has 152 valence electrons. The predicted molar refractivity (Wildman–Crippen MR) is 110 cm³/mol. The topological polar surface area (TPSA) is 77.1 Å². The molecular formula is C22H24N2O5. The number of hydrogen-bond acceptors (Lipinski definition) is 6. The molecule has 3 rings (SSSR count). The number of amides is 1. The molecule has 0 saturated carbocycles. The van der Waals surface area contributed by atoms with E-state index in [1.807, 2.05) is 37.4 Å². The first kappa shape index (κ1) is 20.3. The van der Waals surface area contributed by atoms with Crippen molar-refractivity contribution in [2.24, 2.45) is 0 Å². The second-order valence-corrected chi connectivity index (χ2v) is 6.51. The molecule has 0 aliphatic carbocycles. The Bertz CT molecular complexity index is 867. The Morgan fingerprint density at radius 1 is 1.14 bits per heavy atom. The van der Waals surface area contributed by atoms with Gasteiger partial charge in [-0.05, 0) is 42.3 Å². The summed E-state index contributed by atoms with van der Waals surface area (Å²) < 4.78 is 15.5. The quantitative estimate of drug-likeness (QED) is 0.399. The maximum atomic E-state index is 11.8. The van der Waals surface area contributed by atoms with Crippen molar-refractivity contribution in [3.05, 3.63) is 60.2 Å². The van der Waals surface area contributed by atoms with Crippen LogP contribution in [0.15, 0.2) is 54.6 Å². The van der Waals surface area contributed by atoms with Crippen LogP contribution in [0.5, 0.6) is 11.5 Å². The van der Waals surface area contributed by atoms with Crippen LogP contribution >= 0.6 is 0 Å². The zero-order valence-corrected chi connectivity index (χ0v) is 16.3. The highest BCUT2D eigenvalue weighted by atomic mass is 16.7. The molecule has 1 aliphatic rings. The molecule has 0 atom stereocenters. The van der Waals surface area contributed by atoms with Crippen LogP contribution in [0, 0.1) is 0 Å². The van der Waals surface area contributed by atoms with Crippen molar-refractivity contribution in [2.75, 3.05) is 38.4 Å². The molecule has 2 aromatic carbocycles. The number of carbonyl (C=O) groups is 2. The number of esters is 1. The maximum Gasteiger partial charge on any atom is 0.331 e. The zero-order chi connectivity index (χ0) is 20.5. The summed E-state index contributed by atoms with van der Waals surface area (Å²) in [6.07, 6.45) is 3.66. The first-order valence-electron chi connectivity index (χ1n) is 9.39. The smallest absolute Gasteiger partial charge is 0.331 e. The molecule has 1 aliphatic heterocycles. The van der Waals surface area contributed by atoms with E-state index in [0.717, 1.165) is 24.2 Å². The fourth-order valence-corrected chi connectivity index (χ4v) is 2.77. The summed E-state index contributed by atoms with van der Waals surface area (Å²) in [5.41, 5.74) is 1.90. The van der Waals surface area contributed by atoms with Crippen LogP contribution in [0.4, 0.5) is 5.69 Å². The van der Waals surface area contributed by atoms with Crippen LogP contribution in [0.1, 0.15) is 12.0 Å². The molecule has 0 spiro atoms. The minimum atomic E-state index is -0.582. The number of ether oxygens (including phenoxy) is 3. The Morgan fingerprint density at radius 3 is 2.76 bits per heavy atom. The summed E-state index contributed by atoms with van der Waals surface area (Å²) in [4.78, 5) is 25.7. The number of hydrogen-bond donors (Lipinski definition) is 1. The highest BCUT2D eigenvalue weighted by molar-refractivity contribution is 5.89. The molecule has 1 N–H and O–H groups in total. The Hall–Kier alpha value is -3.48. The van der Waals surface area contributed by atoms with E-state index in [2.05, 4.69) is 10.2 Å². The second kappa shape index (κ2) is 10.2. The molecule has 29 heavy (non-hydrogen) atoms. The minimum absolute atomic E-state index is 0.197. The number of benzene rings is 2. The summed E-state index contributed by atoms with van der Waals surface area (Å²) in [6.45, 7) is 1.21. The standard InChI is InChI=1S/C22H24N2O5/c1-24(18-6-3-2-4-7-18)13-5-12-23-21(25)15-27-22(26)11-9-17-8-10-19-20(14-17)29-16-28-19/h2-4,6-11,14H,5,12-13,15-16H2,1H3,(H,23,25)/b11-9+. The molecule has 1 amide bonds. The van der Waals surface area contributed by atoms with E-state index in [4.69, 9.17) is 14.2 Å². The summed E-state index contributed by atoms with van der Waals surface area (Å²) in [7, 11) is 2.01. The van der Waals surface area contributed by atoms with Gasteiger partial charge in [0.25, 0.3) is 5.91 Å². The molecule has 0 bridgehead atoms. The molecule has 0 unspecified atom stereocenters. The van der Waals surface area contributed by atoms with Crippen LogP contribution in [-0.4, -0.2) is 45.4 Å². The Labute approximate surface area is 169 Å². The van der Waals surface area contributed by atoms with E-state index >= 15 is 0 Å². The lowest BCUT2D eigenvalue weighted by molar-refractivity contribution is -0.143. The fraction of sp³-hybridized carbons (Fsp3) is 0.273. The van der Waals surface area contributed by atoms with Crippen molar-refractivity contribution in [3.63, 3.8) is 0 Å². The van der Waals surface area contributed by atoms with Gasteiger partial charge in [0.05, 0.1) is 0 Å². The van der Waals surface area contributed by atoms with Crippen molar-refractivity contribution < 1.29 is 23.8 Å². The van der Waals surface area contributed by atoms with E-state index < -0.39 is 5.97 Å². The van der Waals surface area contributed by atoms with Gasteiger partial charge in [-0.1, -0.05) is 24.3 Å². The first-order valence-corrected chi connectivity index (χ1v) is 9.39. The van der Waals surface area contributed by atoms with Crippen molar-refractivity contribution in [3.8, 4) is 11.5 Å². The molecular weight excluding hydrogens is 372 g/mol. The van der Waals surface area contributed by atoms with Gasteiger partial charge in [0.2, 0.25) is 6.79 Å². The SMILES string of the molecule is CN(CCCNC(=O)COC(=O)/C=C/c1ccc2c(c1)OCO2)c1ccccc1. The van der Waals surface area contributed by atoms with Crippen LogP contribution in [0.25, 0.3) is 6.08 Å². The van der Waals surface area contributed by atoms with Crippen LogP contribution in [0.3, 0.4) is 0 Å². The number of para-hydroxylation sites is 1. The fourth-order valence-electron chi connectivity index (χ4n) is 2.77. The third-order valence-electron chi connectivity index (χ3n) is 4.34. The zero-order valence-electron chi connectivity index (χ0n) is 16.3. The normalized spacial score (nSPS) is 12.0. The van der Waals surface area contributed by atoms with Gasteiger partial charge < -0.3 is 24.4 Å². The van der Waals surface area contributed by atoms with Gasteiger partial charge in [-0.25, -0.2) is 4.79 Å². The lowest BCUT2D eigenvalue weighted by Crippen LogP contribution is -2.31. The summed E-state index contributed by atoms with van der Waals surface area (Å²) in [5.74, 6) is 0.410. The Kier molecular flexibility index (Phi) is 7.10. The number of anilines is 1. The number of nitrogens with one attached hydrogen (secondary N) is 1. The van der Waals surface area contributed by atoms with Gasteiger partial charge >= 0.3 is 5.97 Å². The highest BCUT2D eigenvalue weighted by Gasteiger charge is 2.12. The van der Waals surface area contributed by atoms with Crippen molar-refractivity contribution in [1.82, 2.24) is 5.32 Å². The second-order valence-electron chi connectivity index (χ2n) is 6.51. The number of fused-ring (bicyclic) bond motifs is 1. The van der Waals surface area contributed by atoms with E-state index in [0.29, 0.717) is 18.0 Å². The molecule has 2 aromatic rings. The summed E-state index contributed by atoms with van der Waals surface area (Å²) >= 11 is 0. The van der Waals surface area contributed by atoms with Gasteiger partial charge in [-0.3, -0.25) is 4.79 Å². The average molecular weight is 396 g/mol. The van der Waals surface area contributed by atoms with E-state index in [-0.39, 0.29) is 19.3 Å². The van der Waals surface area contributed by atoms with E-state index in [1.165, 1.54) is 6.08 Å². The molecule has 0 radical (unpaired) electrons. The third kappa shape index (κ3) is 6.27. The largest absolute Gasteiger partial charge is 0.454 e. The molecule has 0 fully saturated rings. The van der Waals surface area contributed by atoms with Gasteiger partial charge in [0, 0.05) is 31.9 Å². The maximum absolute atomic E-state index is 11.8. The van der Waals surface area contributed by atoms with Crippen molar-refractivity contribution in [2.45, 2.75) is 6.42 Å². The van der Waals surface area contributed by atoms with E-state index in [1.54, 1.807) is 24.3 Å². The molecule has 7 heteroatoms. The van der Waals surface area contributed by atoms with Crippen LogP contribution in [-0.2, 0) is 14.3 Å². The highest BCUT2D eigenvalue weighted by Crippen LogP contribution is 2.32. The van der Waals surface area contributed by atoms with Gasteiger partial charge in [-0.2, -0.15) is 0 Å². The van der Waals surface area contributed by atoms with Gasteiger partial charge in [0.15, 0.2) is 18.1 Å². The average Bonchev–Trinajstić information content (AvgIpc) is 3.22. The Balaban J connectivity index is 1.31. The molecule has 7 nitrogen and oxygen atoms in total. The van der Waals surface area contributed by atoms with Gasteiger partial charge in [0.1, 0.15) is 0 Å². The number of rotatable bonds is 9. The van der Waals surface area contributed by atoms with Crippen LogP contribution in [0.2, 0.25) is 0 Å². The third-order valence-corrected chi connectivity index (χ3v) is 4.34. The first-order chi connectivity index (χ1) is 14.1. The number of carbonyl (C=O) groups excluding carboxylic acids is 2. The van der Waals surface area contributed by atoms with Crippen molar-refractivity contribution >= 4 is 23.6 Å². The molecule has 0 saturated heterocycles. The van der Waals surface area contributed by atoms with Crippen molar-refractivity contribution in [1.29, 1.82) is 0 Å². The molecule has 0 aromatic heterocycles.